The van der Waals surface area contributed by atoms with E-state index in [-0.39, 0.29) is 11.8 Å². The molecule has 34 heavy (non-hydrogen) atoms. The summed E-state index contributed by atoms with van der Waals surface area (Å²) in [6.07, 6.45) is -0.658. The van der Waals surface area contributed by atoms with Crippen LogP contribution in [0.5, 0.6) is 17.2 Å². The Morgan fingerprint density at radius 3 is 2.65 bits per heavy atom. The summed E-state index contributed by atoms with van der Waals surface area (Å²) >= 11 is 6.15. The van der Waals surface area contributed by atoms with E-state index in [1.807, 2.05) is 18.2 Å². The van der Waals surface area contributed by atoms with Gasteiger partial charge in [0, 0.05) is 36.0 Å². The summed E-state index contributed by atoms with van der Waals surface area (Å²) in [7, 11) is 3.17. The first-order valence-electron chi connectivity index (χ1n) is 10.7. The quantitative estimate of drug-likeness (QED) is 0.542. The van der Waals surface area contributed by atoms with Gasteiger partial charge in [-0.2, -0.15) is 0 Å². The van der Waals surface area contributed by atoms with Gasteiger partial charge in [0.1, 0.15) is 17.2 Å². The molecule has 3 aromatic rings. The zero-order valence-corrected chi connectivity index (χ0v) is 19.9. The standard InChI is InChI=1S/C26H25ClN2O5/c1-16-26(31)29(14-17-8-10-20(32-2)13-24(17)33-3)15-18-12-19(9-11-23(18)34-16)28-25(30)21-6-4-5-7-22(21)27/h4-13,16H,14-15H2,1-3H3,(H,28,30). The third kappa shape index (κ3) is 4.94. The van der Waals surface area contributed by atoms with Crippen molar-refractivity contribution >= 4 is 29.1 Å². The van der Waals surface area contributed by atoms with Gasteiger partial charge >= 0.3 is 0 Å². The van der Waals surface area contributed by atoms with Crippen molar-refractivity contribution in [2.45, 2.75) is 26.1 Å². The van der Waals surface area contributed by atoms with Crippen LogP contribution in [0.1, 0.15) is 28.4 Å². The maximum atomic E-state index is 13.1. The van der Waals surface area contributed by atoms with Crippen molar-refractivity contribution in [2.24, 2.45) is 0 Å². The van der Waals surface area contributed by atoms with Crippen LogP contribution in [-0.2, 0) is 17.9 Å². The van der Waals surface area contributed by atoms with E-state index in [2.05, 4.69) is 5.32 Å². The minimum atomic E-state index is -0.658. The molecule has 2 amide bonds. The fourth-order valence-electron chi connectivity index (χ4n) is 3.84. The lowest BCUT2D eigenvalue weighted by atomic mass is 10.1. The van der Waals surface area contributed by atoms with E-state index in [0.717, 1.165) is 11.1 Å². The second-order valence-electron chi connectivity index (χ2n) is 7.89. The molecule has 0 saturated carbocycles. The first-order chi connectivity index (χ1) is 16.4. The Balaban J connectivity index is 1.59. The van der Waals surface area contributed by atoms with Crippen molar-refractivity contribution in [2.75, 3.05) is 19.5 Å². The molecule has 0 radical (unpaired) electrons. The van der Waals surface area contributed by atoms with Crippen LogP contribution >= 0.6 is 11.6 Å². The number of nitrogens with zero attached hydrogens (tertiary/aromatic N) is 1. The molecular formula is C26H25ClN2O5. The van der Waals surface area contributed by atoms with Gasteiger partial charge in [-0.15, -0.1) is 0 Å². The lowest BCUT2D eigenvalue weighted by Gasteiger charge is -2.23. The molecule has 0 aromatic heterocycles. The Kier molecular flexibility index (Phi) is 6.93. The van der Waals surface area contributed by atoms with Gasteiger partial charge < -0.3 is 24.4 Å². The second-order valence-corrected chi connectivity index (χ2v) is 8.30. The number of amides is 2. The Morgan fingerprint density at radius 1 is 1.12 bits per heavy atom. The molecule has 1 atom stereocenters. The predicted molar refractivity (Wildman–Crippen MR) is 130 cm³/mol. The molecule has 176 valence electrons. The number of halogens is 1. The summed E-state index contributed by atoms with van der Waals surface area (Å²) in [4.78, 5) is 27.5. The molecule has 1 unspecified atom stereocenters. The number of benzene rings is 3. The average molecular weight is 481 g/mol. The van der Waals surface area contributed by atoms with E-state index in [1.54, 1.807) is 68.5 Å². The lowest BCUT2D eigenvalue weighted by Crippen LogP contribution is -2.37. The Hall–Kier alpha value is -3.71. The molecule has 0 spiro atoms. The number of rotatable bonds is 6. The topological polar surface area (TPSA) is 77.1 Å². The Labute approximate surface area is 203 Å². The largest absolute Gasteiger partial charge is 0.497 e. The molecule has 0 bridgehead atoms. The van der Waals surface area contributed by atoms with Crippen LogP contribution in [0.2, 0.25) is 5.02 Å². The number of carbonyl (C=O) groups is 2. The third-order valence-corrected chi connectivity index (χ3v) is 5.95. The van der Waals surface area contributed by atoms with Crippen LogP contribution < -0.4 is 19.5 Å². The highest BCUT2D eigenvalue weighted by atomic mass is 35.5. The van der Waals surface area contributed by atoms with Crippen molar-refractivity contribution in [3.05, 3.63) is 82.4 Å². The number of anilines is 1. The van der Waals surface area contributed by atoms with Crippen molar-refractivity contribution in [1.82, 2.24) is 4.90 Å². The second kappa shape index (κ2) is 10.1. The van der Waals surface area contributed by atoms with Crippen LogP contribution in [0.3, 0.4) is 0 Å². The zero-order chi connectivity index (χ0) is 24.2. The fraction of sp³-hybridized carbons (Fsp3) is 0.231. The molecule has 8 heteroatoms. The van der Waals surface area contributed by atoms with E-state index >= 15 is 0 Å². The normalized spacial score (nSPS) is 15.1. The van der Waals surface area contributed by atoms with Gasteiger partial charge in [-0.05, 0) is 49.4 Å². The summed E-state index contributed by atoms with van der Waals surface area (Å²) in [6, 6.07) is 17.7. The number of carbonyl (C=O) groups excluding carboxylic acids is 2. The molecule has 4 rings (SSSR count). The molecule has 3 aromatic carbocycles. The van der Waals surface area contributed by atoms with Crippen LogP contribution in [0.15, 0.2) is 60.7 Å². The first kappa shape index (κ1) is 23.4. The zero-order valence-electron chi connectivity index (χ0n) is 19.1. The SMILES string of the molecule is COc1ccc(CN2Cc3cc(NC(=O)c4ccccc4Cl)ccc3OC(C)C2=O)c(OC)c1. The van der Waals surface area contributed by atoms with Crippen LogP contribution in [0.4, 0.5) is 5.69 Å². The number of hydrogen-bond acceptors (Lipinski definition) is 5. The fourth-order valence-corrected chi connectivity index (χ4v) is 4.06. The van der Waals surface area contributed by atoms with Crippen molar-refractivity contribution in [1.29, 1.82) is 0 Å². The van der Waals surface area contributed by atoms with E-state index in [0.29, 0.717) is 46.6 Å². The molecule has 0 fully saturated rings. The number of methoxy groups -OCH3 is 2. The molecule has 1 aliphatic heterocycles. The highest BCUT2D eigenvalue weighted by Gasteiger charge is 2.29. The smallest absolute Gasteiger partial charge is 0.263 e. The summed E-state index contributed by atoms with van der Waals surface area (Å²) in [6.45, 7) is 2.36. The first-order valence-corrected chi connectivity index (χ1v) is 11.1. The van der Waals surface area contributed by atoms with Gasteiger partial charge in [0.25, 0.3) is 11.8 Å². The Bertz CT molecular complexity index is 1230. The summed E-state index contributed by atoms with van der Waals surface area (Å²) in [5, 5.41) is 3.24. The average Bonchev–Trinajstić information content (AvgIpc) is 2.95. The molecule has 1 N–H and O–H groups in total. The minimum absolute atomic E-state index is 0.143. The molecule has 0 aliphatic carbocycles. The lowest BCUT2D eigenvalue weighted by molar-refractivity contribution is -0.138. The predicted octanol–water partition coefficient (Wildman–Crippen LogP) is 4.92. The minimum Gasteiger partial charge on any atom is -0.497 e. The molecule has 1 aliphatic rings. The number of fused-ring (bicyclic) bond motifs is 1. The van der Waals surface area contributed by atoms with Gasteiger partial charge in [0.2, 0.25) is 0 Å². The van der Waals surface area contributed by atoms with Gasteiger partial charge in [0.05, 0.1) is 24.8 Å². The van der Waals surface area contributed by atoms with E-state index in [4.69, 9.17) is 25.8 Å². The van der Waals surface area contributed by atoms with Crippen molar-refractivity contribution in [3.63, 3.8) is 0 Å². The van der Waals surface area contributed by atoms with Crippen molar-refractivity contribution < 1.29 is 23.8 Å². The molecular weight excluding hydrogens is 456 g/mol. The maximum Gasteiger partial charge on any atom is 0.263 e. The molecule has 7 nitrogen and oxygen atoms in total. The molecule has 1 heterocycles. The summed E-state index contributed by atoms with van der Waals surface area (Å²) < 4.78 is 16.7. The summed E-state index contributed by atoms with van der Waals surface area (Å²) in [5.74, 6) is 1.44. The van der Waals surface area contributed by atoms with Gasteiger partial charge in [-0.1, -0.05) is 23.7 Å². The monoisotopic (exact) mass is 480 g/mol. The Morgan fingerprint density at radius 2 is 1.91 bits per heavy atom. The van der Waals surface area contributed by atoms with E-state index < -0.39 is 6.10 Å². The highest BCUT2D eigenvalue weighted by Crippen LogP contribution is 2.32. The van der Waals surface area contributed by atoms with Gasteiger partial charge in [-0.25, -0.2) is 0 Å². The van der Waals surface area contributed by atoms with Gasteiger partial charge in [-0.3, -0.25) is 9.59 Å². The van der Waals surface area contributed by atoms with Crippen LogP contribution in [-0.4, -0.2) is 37.0 Å². The number of ether oxygens (including phenoxy) is 3. The van der Waals surface area contributed by atoms with Crippen LogP contribution in [0.25, 0.3) is 0 Å². The molecule has 0 saturated heterocycles. The van der Waals surface area contributed by atoms with E-state index in [1.165, 1.54) is 0 Å². The van der Waals surface area contributed by atoms with Gasteiger partial charge in [0.15, 0.2) is 6.10 Å². The van der Waals surface area contributed by atoms with Crippen LogP contribution in [0, 0.1) is 0 Å². The third-order valence-electron chi connectivity index (χ3n) is 5.62. The van der Waals surface area contributed by atoms with E-state index in [9.17, 15) is 9.59 Å². The summed E-state index contributed by atoms with van der Waals surface area (Å²) in [5.41, 5.74) is 2.58. The number of nitrogens with one attached hydrogen (secondary N) is 1. The number of hydrogen-bond donors (Lipinski definition) is 1. The highest BCUT2D eigenvalue weighted by molar-refractivity contribution is 6.34. The van der Waals surface area contributed by atoms with Crippen molar-refractivity contribution in [3.8, 4) is 17.2 Å². The maximum absolute atomic E-state index is 13.1.